The van der Waals surface area contributed by atoms with Crippen molar-refractivity contribution in [1.82, 2.24) is 5.32 Å². The molecule has 0 radical (unpaired) electrons. The second kappa shape index (κ2) is 12.6. The molecule has 0 bridgehead atoms. The van der Waals surface area contributed by atoms with Crippen LogP contribution in [0.5, 0.6) is 0 Å². The van der Waals surface area contributed by atoms with E-state index in [2.05, 4.69) is 108 Å². The van der Waals surface area contributed by atoms with Gasteiger partial charge in [0, 0.05) is 6.04 Å². The van der Waals surface area contributed by atoms with Gasteiger partial charge in [0.05, 0.1) is 6.61 Å². The van der Waals surface area contributed by atoms with Crippen LogP contribution in [0.3, 0.4) is 0 Å². The van der Waals surface area contributed by atoms with Gasteiger partial charge in [0.15, 0.2) is 0 Å². The highest BCUT2D eigenvalue weighted by molar-refractivity contribution is 6.99. The third kappa shape index (κ3) is 7.30. The predicted octanol–water partition coefficient (Wildman–Crippen LogP) is 6.15. The number of rotatable bonds is 13. The van der Waals surface area contributed by atoms with Gasteiger partial charge >= 0.3 is 0 Å². The number of unbranched alkanes of at least 4 members (excludes halogenated alkanes) is 2. The van der Waals surface area contributed by atoms with Gasteiger partial charge in [-0.1, -0.05) is 121 Å². The molecule has 3 heteroatoms. The van der Waals surface area contributed by atoms with Crippen LogP contribution in [0, 0.1) is 5.92 Å². The molecule has 2 aromatic carbocycles. The van der Waals surface area contributed by atoms with Crippen molar-refractivity contribution in [1.29, 1.82) is 0 Å². The largest absolute Gasteiger partial charge is 0.406 e. The summed E-state index contributed by atoms with van der Waals surface area (Å²) in [5, 5.41) is 6.59. The van der Waals surface area contributed by atoms with Crippen molar-refractivity contribution in [3.05, 3.63) is 60.7 Å². The van der Waals surface area contributed by atoms with Gasteiger partial charge in [-0.05, 0) is 40.7 Å². The molecule has 1 atom stereocenters. The molecular weight excluding hydrogens is 394 g/mol. The molecule has 2 rings (SSSR count). The number of nitrogens with one attached hydrogen (secondary N) is 1. The van der Waals surface area contributed by atoms with Crippen LogP contribution in [0.2, 0.25) is 5.04 Å². The minimum absolute atomic E-state index is 0.0294. The monoisotopic (exact) mass is 439 g/mol. The van der Waals surface area contributed by atoms with Crippen molar-refractivity contribution in [2.24, 2.45) is 5.92 Å². The molecule has 31 heavy (non-hydrogen) atoms. The normalized spacial score (nSPS) is 13.5. The number of hydrogen-bond donors (Lipinski definition) is 1. The second-order valence-corrected chi connectivity index (χ2v) is 14.6. The molecule has 2 aromatic rings. The molecule has 0 spiro atoms. The van der Waals surface area contributed by atoms with Crippen molar-refractivity contribution in [2.75, 3.05) is 13.2 Å². The maximum atomic E-state index is 7.19. The van der Waals surface area contributed by atoms with Gasteiger partial charge in [0.2, 0.25) is 0 Å². The van der Waals surface area contributed by atoms with Crippen LogP contribution in [0.25, 0.3) is 0 Å². The molecule has 0 aliphatic carbocycles. The van der Waals surface area contributed by atoms with E-state index in [0.717, 1.165) is 19.1 Å². The molecule has 0 saturated heterocycles. The van der Waals surface area contributed by atoms with E-state index in [1.54, 1.807) is 0 Å². The predicted molar refractivity (Wildman–Crippen MR) is 139 cm³/mol. The summed E-state index contributed by atoms with van der Waals surface area (Å²) in [5.41, 5.74) is 0. The second-order valence-electron chi connectivity index (χ2n) is 10.3. The van der Waals surface area contributed by atoms with E-state index in [4.69, 9.17) is 4.43 Å². The van der Waals surface area contributed by atoms with E-state index in [-0.39, 0.29) is 5.04 Å². The molecule has 2 nitrogen and oxygen atoms in total. The highest BCUT2D eigenvalue weighted by Crippen LogP contribution is 2.36. The van der Waals surface area contributed by atoms with E-state index in [0.29, 0.717) is 6.04 Å². The lowest BCUT2D eigenvalue weighted by Crippen LogP contribution is -2.67. The summed E-state index contributed by atoms with van der Waals surface area (Å²) in [6.45, 7) is 15.8. The van der Waals surface area contributed by atoms with Gasteiger partial charge in [-0.15, -0.1) is 0 Å². The molecule has 0 heterocycles. The van der Waals surface area contributed by atoms with Gasteiger partial charge in [-0.2, -0.15) is 0 Å². The Labute approximate surface area is 192 Å². The standard InChI is InChI=1S/C28H45NOSi/c1-7-8-11-16-25(29-22-21-24(2)3)23-30-31(28(4,5)6,26-17-12-9-13-18-26)27-19-14-10-15-20-27/h9-10,12-15,17-20,24-25,29H,7-8,11,16,21-23H2,1-6H3/t25-/m0/s1. The van der Waals surface area contributed by atoms with E-state index in [1.807, 2.05) is 0 Å². The summed E-state index contributed by atoms with van der Waals surface area (Å²) in [6, 6.07) is 22.4. The molecule has 0 unspecified atom stereocenters. The zero-order chi connectivity index (χ0) is 22.7. The van der Waals surface area contributed by atoms with Crippen molar-refractivity contribution in [3.63, 3.8) is 0 Å². The lowest BCUT2D eigenvalue weighted by molar-refractivity contribution is 0.238. The molecular formula is C28H45NOSi. The topological polar surface area (TPSA) is 21.3 Å². The Morgan fingerprint density at radius 1 is 0.839 bits per heavy atom. The molecule has 0 amide bonds. The van der Waals surface area contributed by atoms with Crippen LogP contribution in [0.4, 0.5) is 0 Å². The first-order valence-corrected chi connectivity index (χ1v) is 14.2. The summed E-state index contributed by atoms with van der Waals surface area (Å²) in [6.07, 6.45) is 6.21. The fraction of sp³-hybridized carbons (Fsp3) is 0.571. The fourth-order valence-electron chi connectivity index (χ4n) is 4.45. The Morgan fingerprint density at radius 3 is 1.84 bits per heavy atom. The van der Waals surface area contributed by atoms with Gasteiger partial charge in [-0.3, -0.25) is 0 Å². The Hall–Kier alpha value is -1.42. The van der Waals surface area contributed by atoms with Crippen LogP contribution in [-0.2, 0) is 4.43 Å². The van der Waals surface area contributed by atoms with Crippen LogP contribution in [-0.4, -0.2) is 27.5 Å². The Kier molecular flexibility index (Phi) is 10.5. The Balaban J connectivity index is 2.34. The molecule has 0 saturated carbocycles. The van der Waals surface area contributed by atoms with E-state index in [9.17, 15) is 0 Å². The third-order valence-electron chi connectivity index (χ3n) is 6.23. The summed E-state index contributed by atoms with van der Waals surface area (Å²) in [4.78, 5) is 0. The SMILES string of the molecule is CCCCC[C@@H](CO[Si](c1ccccc1)(c1ccccc1)C(C)(C)C)NCCC(C)C. The van der Waals surface area contributed by atoms with Crippen LogP contribution < -0.4 is 15.7 Å². The summed E-state index contributed by atoms with van der Waals surface area (Å²) in [5.74, 6) is 0.724. The van der Waals surface area contributed by atoms with Crippen LogP contribution >= 0.6 is 0 Å². The number of hydrogen-bond acceptors (Lipinski definition) is 2. The highest BCUT2D eigenvalue weighted by Gasteiger charge is 2.50. The van der Waals surface area contributed by atoms with E-state index in [1.165, 1.54) is 42.5 Å². The lowest BCUT2D eigenvalue weighted by Gasteiger charge is -2.43. The maximum Gasteiger partial charge on any atom is 0.261 e. The van der Waals surface area contributed by atoms with Crippen LogP contribution in [0.1, 0.15) is 73.6 Å². The third-order valence-corrected chi connectivity index (χ3v) is 11.2. The fourth-order valence-corrected chi connectivity index (χ4v) is 9.06. The number of benzene rings is 2. The van der Waals surface area contributed by atoms with E-state index < -0.39 is 8.32 Å². The van der Waals surface area contributed by atoms with Gasteiger partial charge in [0.25, 0.3) is 8.32 Å². The molecule has 1 N–H and O–H groups in total. The average Bonchev–Trinajstić information content (AvgIpc) is 2.74. The average molecular weight is 440 g/mol. The van der Waals surface area contributed by atoms with Crippen molar-refractivity contribution >= 4 is 18.7 Å². The first-order chi connectivity index (χ1) is 14.8. The summed E-state index contributed by atoms with van der Waals surface area (Å²) >= 11 is 0. The molecule has 0 aliphatic heterocycles. The van der Waals surface area contributed by atoms with Crippen molar-refractivity contribution in [3.8, 4) is 0 Å². The van der Waals surface area contributed by atoms with Crippen LogP contribution in [0.15, 0.2) is 60.7 Å². The molecule has 0 aromatic heterocycles. The summed E-state index contributed by atoms with van der Waals surface area (Å²) in [7, 11) is -2.46. The Morgan fingerprint density at radius 2 is 1.39 bits per heavy atom. The van der Waals surface area contributed by atoms with Gasteiger partial charge in [0.1, 0.15) is 0 Å². The molecule has 0 aliphatic rings. The molecule has 172 valence electrons. The summed E-state index contributed by atoms with van der Waals surface area (Å²) < 4.78 is 7.19. The van der Waals surface area contributed by atoms with Crippen molar-refractivity contribution in [2.45, 2.75) is 84.7 Å². The Bertz CT molecular complexity index is 684. The maximum absolute atomic E-state index is 7.19. The minimum Gasteiger partial charge on any atom is -0.406 e. The quantitative estimate of drug-likeness (QED) is 0.299. The van der Waals surface area contributed by atoms with Gasteiger partial charge in [-0.25, -0.2) is 0 Å². The highest BCUT2D eigenvalue weighted by atomic mass is 28.4. The zero-order valence-corrected chi connectivity index (χ0v) is 21.8. The van der Waals surface area contributed by atoms with E-state index >= 15 is 0 Å². The minimum atomic E-state index is -2.46. The van der Waals surface area contributed by atoms with Gasteiger partial charge < -0.3 is 9.74 Å². The first kappa shape index (κ1) is 25.8. The first-order valence-electron chi connectivity index (χ1n) is 12.3. The molecule has 0 fully saturated rings. The van der Waals surface area contributed by atoms with Crippen molar-refractivity contribution < 1.29 is 4.43 Å². The zero-order valence-electron chi connectivity index (χ0n) is 20.8. The smallest absolute Gasteiger partial charge is 0.261 e. The lowest BCUT2D eigenvalue weighted by atomic mass is 10.1.